The van der Waals surface area contributed by atoms with E-state index in [0.717, 1.165) is 47.8 Å². The molecule has 40 heavy (non-hydrogen) atoms. The van der Waals surface area contributed by atoms with Crippen LogP contribution >= 0.6 is 11.3 Å². The molecule has 0 N–H and O–H groups in total. The fraction of sp³-hybridized carbons (Fsp3) is 0.697. The van der Waals surface area contributed by atoms with Crippen molar-refractivity contribution in [3.8, 4) is 16.3 Å². The lowest BCUT2D eigenvalue weighted by Crippen LogP contribution is -2.22. The first-order chi connectivity index (χ1) is 19.1. The zero-order valence-corrected chi connectivity index (χ0v) is 27.6. The number of aryl methyl sites for hydroxylation is 1. The van der Waals surface area contributed by atoms with Crippen LogP contribution in [0.1, 0.15) is 92.9 Å². The third-order valence-electron chi connectivity index (χ3n) is 6.79. The average Bonchev–Trinajstić information content (AvgIpc) is 3.42. The van der Waals surface area contributed by atoms with E-state index in [0.29, 0.717) is 18.1 Å². The van der Waals surface area contributed by atoms with Crippen LogP contribution in [0.2, 0.25) is 0 Å². The van der Waals surface area contributed by atoms with Crippen LogP contribution in [0, 0.1) is 23.7 Å². The van der Waals surface area contributed by atoms with Crippen LogP contribution < -0.4 is 4.74 Å². The van der Waals surface area contributed by atoms with E-state index in [1.165, 1.54) is 31.2 Å². The van der Waals surface area contributed by atoms with Gasteiger partial charge in [0.25, 0.3) is 0 Å². The van der Waals surface area contributed by atoms with Crippen LogP contribution in [0.25, 0.3) is 10.6 Å². The van der Waals surface area contributed by atoms with Crippen molar-refractivity contribution in [1.82, 2.24) is 4.98 Å². The van der Waals surface area contributed by atoms with E-state index in [9.17, 15) is 9.18 Å². The van der Waals surface area contributed by atoms with Crippen LogP contribution in [0.4, 0.5) is 4.39 Å². The highest BCUT2D eigenvalue weighted by Gasteiger charge is 2.20. The number of halogens is 1. The molecule has 0 aliphatic heterocycles. The Balaban J connectivity index is 0.000000660. The number of hydrogen-bond donors (Lipinski definition) is 0. The summed E-state index contributed by atoms with van der Waals surface area (Å²) in [6, 6.07) is 7.47. The Morgan fingerprint density at radius 3 is 2.10 bits per heavy atom. The van der Waals surface area contributed by atoms with Crippen LogP contribution in [-0.4, -0.2) is 44.1 Å². The van der Waals surface area contributed by atoms with Gasteiger partial charge in [0.1, 0.15) is 23.7 Å². The first kappa shape index (κ1) is 38.2. The molecule has 7 heteroatoms. The molecule has 4 unspecified atom stereocenters. The summed E-state index contributed by atoms with van der Waals surface area (Å²) in [4.78, 5) is 14.9. The number of thiazole rings is 1. The molecule has 2 rings (SSSR count). The minimum absolute atomic E-state index is 0.171. The number of carbonyl (C=O) groups is 1. The molecule has 5 nitrogen and oxygen atoms in total. The standard InChI is InChI=1S/C15H18FNOS.C15H32O.C3H6O2/c1-4-11-9-17-15(19-11)12-7-5-6-8-13(12)18-14(16)10(2)3;1-7-13(6)10-14(12(4)5)11-15(8-2)16-9-3;1-5-3-2-4/h5-10,14H,4H2,1-3H3;12-15H,7-11H2,1-6H3;2H,3H2,1H3. The maximum atomic E-state index is 13.7. The Morgan fingerprint density at radius 1 is 0.975 bits per heavy atom. The van der Waals surface area contributed by atoms with Gasteiger partial charge in [-0.15, -0.1) is 11.3 Å². The van der Waals surface area contributed by atoms with Crippen molar-refractivity contribution in [2.24, 2.45) is 23.7 Å². The van der Waals surface area contributed by atoms with Crippen molar-refractivity contribution in [1.29, 1.82) is 0 Å². The van der Waals surface area contributed by atoms with Crippen LogP contribution in [0.3, 0.4) is 0 Å². The molecule has 230 valence electrons. The Labute approximate surface area is 248 Å². The molecular formula is C33H56FNO4S. The van der Waals surface area contributed by atoms with E-state index < -0.39 is 6.36 Å². The number of aldehydes is 1. The molecule has 2 aromatic rings. The van der Waals surface area contributed by atoms with E-state index in [4.69, 9.17) is 9.47 Å². The van der Waals surface area contributed by atoms with Gasteiger partial charge in [0.05, 0.1) is 11.7 Å². The molecule has 0 saturated carbocycles. The van der Waals surface area contributed by atoms with Crippen LogP contribution in [0.5, 0.6) is 5.75 Å². The quantitative estimate of drug-likeness (QED) is 0.185. The number of benzene rings is 1. The molecule has 0 amide bonds. The van der Waals surface area contributed by atoms with Gasteiger partial charge in [0.2, 0.25) is 6.36 Å². The number of rotatable bonds is 16. The number of carbonyl (C=O) groups excluding carboxylic acids is 1. The van der Waals surface area contributed by atoms with Crippen LogP contribution in [-0.2, 0) is 20.7 Å². The third kappa shape index (κ3) is 15.8. The van der Waals surface area contributed by atoms with Gasteiger partial charge in [-0.25, -0.2) is 9.37 Å². The molecule has 0 spiro atoms. The first-order valence-electron chi connectivity index (χ1n) is 15.0. The predicted octanol–water partition coefficient (Wildman–Crippen LogP) is 9.43. The van der Waals surface area contributed by atoms with Gasteiger partial charge in [0.15, 0.2) is 0 Å². The number of alkyl halides is 1. The van der Waals surface area contributed by atoms with Gasteiger partial charge in [-0.05, 0) is 62.5 Å². The molecule has 0 fully saturated rings. The molecule has 0 bridgehead atoms. The zero-order chi connectivity index (χ0) is 30.5. The summed E-state index contributed by atoms with van der Waals surface area (Å²) in [6.07, 6.45) is 7.76. The summed E-state index contributed by atoms with van der Waals surface area (Å²) in [5, 5.41) is 0.878. The average molecular weight is 582 g/mol. The number of ether oxygens (including phenoxy) is 3. The number of para-hydroxylation sites is 1. The van der Waals surface area contributed by atoms with Crippen molar-refractivity contribution in [2.45, 2.75) is 107 Å². The van der Waals surface area contributed by atoms with Crippen molar-refractivity contribution < 1.29 is 23.4 Å². The van der Waals surface area contributed by atoms with Gasteiger partial charge >= 0.3 is 0 Å². The molecule has 1 aromatic heterocycles. The summed E-state index contributed by atoms with van der Waals surface area (Å²) < 4.78 is 29.3. The van der Waals surface area contributed by atoms with Gasteiger partial charge in [0, 0.05) is 30.7 Å². The number of nitrogens with zero attached hydrogens (tertiary/aromatic N) is 1. The highest BCUT2D eigenvalue weighted by molar-refractivity contribution is 7.15. The molecular weight excluding hydrogens is 525 g/mol. The van der Waals surface area contributed by atoms with E-state index in [1.807, 2.05) is 24.4 Å². The monoisotopic (exact) mass is 581 g/mol. The minimum Gasteiger partial charge on any atom is -0.459 e. The Morgan fingerprint density at radius 2 is 1.65 bits per heavy atom. The van der Waals surface area contributed by atoms with Crippen molar-refractivity contribution >= 4 is 17.6 Å². The first-order valence-corrected chi connectivity index (χ1v) is 15.8. The van der Waals surface area contributed by atoms with E-state index in [2.05, 4.69) is 58.2 Å². The fourth-order valence-corrected chi connectivity index (χ4v) is 4.80. The fourth-order valence-electron chi connectivity index (χ4n) is 3.92. The smallest absolute Gasteiger partial charge is 0.240 e. The SMILES string of the molecule is CCOC(CC)CC(CC(C)CC)C(C)C.CCc1cnc(-c2ccccc2OC(F)C(C)C)s1.COCC=O. The highest BCUT2D eigenvalue weighted by atomic mass is 32.1. The maximum Gasteiger partial charge on any atom is 0.240 e. The van der Waals surface area contributed by atoms with E-state index >= 15 is 0 Å². The van der Waals surface area contributed by atoms with E-state index in [-0.39, 0.29) is 12.5 Å². The topological polar surface area (TPSA) is 57.6 Å². The number of aromatic nitrogens is 1. The number of hydrogen-bond acceptors (Lipinski definition) is 6. The van der Waals surface area contributed by atoms with Gasteiger partial charge in [-0.3, -0.25) is 0 Å². The second-order valence-corrected chi connectivity index (χ2v) is 11.9. The van der Waals surface area contributed by atoms with E-state index in [1.54, 1.807) is 31.3 Å². The predicted molar refractivity (Wildman–Crippen MR) is 168 cm³/mol. The Bertz CT molecular complexity index is 889. The second-order valence-electron chi connectivity index (χ2n) is 10.8. The molecule has 4 atom stereocenters. The summed E-state index contributed by atoms with van der Waals surface area (Å²) in [6.45, 7) is 20.5. The van der Waals surface area contributed by atoms with Gasteiger partial charge in [-0.2, -0.15) is 0 Å². The highest BCUT2D eigenvalue weighted by Crippen LogP contribution is 2.34. The molecule has 0 saturated heterocycles. The van der Waals surface area contributed by atoms with Crippen molar-refractivity contribution in [2.75, 3.05) is 20.3 Å². The summed E-state index contributed by atoms with van der Waals surface area (Å²) >= 11 is 1.62. The van der Waals surface area contributed by atoms with Gasteiger partial charge in [-0.1, -0.05) is 73.9 Å². The second kappa shape index (κ2) is 22.8. The maximum absolute atomic E-state index is 13.7. The van der Waals surface area contributed by atoms with Gasteiger partial charge < -0.3 is 19.0 Å². The number of methoxy groups -OCH3 is 1. The molecule has 0 aliphatic rings. The van der Waals surface area contributed by atoms with Crippen LogP contribution in [0.15, 0.2) is 30.5 Å². The summed E-state index contributed by atoms with van der Waals surface area (Å²) in [5.41, 5.74) is 0.857. The Hall–Kier alpha value is -1.83. The summed E-state index contributed by atoms with van der Waals surface area (Å²) in [5.74, 6) is 2.85. The molecule has 1 aromatic carbocycles. The molecule has 1 heterocycles. The molecule has 0 radical (unpaired) electrons. The van der Waals surface area contributed by atoms with Crippen molar-refractivity contribution in [3.05, 3.63) is 35.3 Å². The third-order valence-corrected chi connectivity index (χ3v) is 7.96. The lowest BCUT2D eigenvalue weighted by molar-refractivity contribution is -0.110. The largest absolute Gasteiger partial charge is 0.459 e. The molecule has 0 aliphatic carbocycles. The minimum atomic E-state index is -1.30. The lowest BCUT2D eigenvalue weighted by Gasteiger charge is -2.27. The van der Waals surface area contributed by atoms with Crippen molar-refractivity contribution in [3.63, 3.8) is 0 Å². The normalized spacial score (nSPS) is 13.9. The Kier molecular flexibility index (Phi) is 21.8. The summed E-state index contributed by atoms with van der Waals surface area (Å²) in [7, 11) is 1.48. The zero-order valence-electron chi connectivity index (χ0n) is 26.7. The lowest BCUT2D eigenvalue weighted by atomic mass is 9.82.